The number of anilines is 1. The van der Waals surface area contributed by atoms with Crippen LogP contribution in [-0.4, -0.2) is 23.1 Å². The zero-order valence-electron chi connectivity index (χ0n) is 12.6. The second-order valence-electron chi connectivity index (χ2n) is 5.23. The standard InChI is InChI=1S/C16H26N2O2/c1-13-11-12-14(18-16(13)17-2)9-7-5-3-4-6-8-10-15(19)20/h11-12H,3-10H2,1-2H3,(H,17,18)(H,19,20). The highest BCUT2D eigenvalue weighted by Gasteiger charge is 2.01. The first-order valence-corrected chi connectivity index (χ1v) is 7.49. The first kappa shape index (κ1) is 16.5. The van der Waals surface area contributed by atoms with Crippen LogP contribution in [0.5, 0.6) is 0 Å². The van der Waals surface area contributed by atoms with Gasteiger partial charge in [0.1, 0.15) is 5.82 Å². The van der Waals surface area contributed by atoms with Crippen LogP contribution < -0.4 is 5.32 Å². The number of aliphatic carboxylic acids is 1. The Morgan fingerprint density at radius 3 is 2.45 bits per heavy atom. The van der Waals surface area contributed by atoms with Crippen LogP contribution in [0.25, 0.3) is 0 Å². The van der Waals surface area contributed by atoms with Crippen LogP contribution in [-0.2, 0) is 11.2 Å². The van der Waals surface area contributed by atoms with E-state index in [-0.39, 0.29) is 0 Å². The molecule has 0 spiro atoms. The summed E-state index contributed by atoms with van der Waals surface area (Å²) in [6.07, 6.45) is 7.82. The lowest BCUT2D eigenvalue weighted by atomic mass is 10.1. The Morgan fingerprint density at radius 2 is 1.80 bits per heavy atom. The summed E-state index contributed by atoms with van der Waals surface area (Å²) in [7, 11) is 1.90. The number of rotatable bonds is 10. The van der Waals surface area contributed by atoms with Crippen LogP contribution >= 0.6 is 0 Å². The quantitative estimate of drug-likeness (QED) is 0.639. The fourth-order valence-corrected chi connectivity index (χ4v) is 2.25. The van der Waals surface area contributed by atoms with Crippen LogP contribution in [0, 0.1) is 6.92 Å². The number of aryl methyl sites for hydroxylation is 2. The SMILES string of the molecule is CNc1nc(CCCCCCCCC(=O)O)ccc1C. The Kier molecular flexibility index (Phi) is 7.70. The number of nitrogens with one attached hydrogen (secondary N) is 1. The number of pyridine rings is 1. The molecule has 0 aliphatic heterocycles. The molecule has 0 aliphatic carbocycles. The zero-order valence-corrected chi connectivity index (χ0v) is 12.6. The topological polar surface area (TPSA) is 62.2 Å². The van der Waals surface area contributed by atoms with E-state index in [9.17, 15) is 4.79 Å². The van der Waals surface area contributed by atoms with Gasteiger partial charge in [0.25, 0.3) is 0 Å². The number of carbonyl (C=O) groups is 1. The van der Waals surface area contributed by atoms with Crippen molar-refractivity contribution >= 4 is 11.8 Å². The van der Waals surface area contributed by atoms with E-state index < -0.39 is 5.97 Å². The van der Waals surface area contributed by atoms with Gasteiger partial charge in [0.15, 0.2) is 0 Å². The molecule has 0 bridgehead atoms. The van der Waals surface area contributed by atoms with Crippen molar-refractivity contribution in [3.05, 3.63) is 23.4 Å². The monoisotopic (exact) mass is 278 g/mol. The summed E-state index contributed by atoms with van der Waals surface area (Å²) in [5.41, 5.74) is 2.32. The molecule has 0 aliphatic rings. The first-order chi connectivity index (χ1) is 9.63. The molecule has 0 unspecified atom stereocenters. The predicted octanol–water partition coefficient (Wildman–Crippen LogP) is 3.79. The molecular formula is C16H26N2O2. The molecule has 0 saturated heterocycles. The van der Waals surface area contributed by atoms with Crippen LogP contribution in [0.2, 0.25) is 0 Å². The molecule has 0 radical (unpaired) electrons. The van der Waals surface area contributed by atoms with Gasteiger partial charge in [-0.1, -0.05) is 31.7 Å². The maximum atomic E-state index is 10.4. The van der Waals surface area contributed by atoms with Crippen molar-refractivity contribution in [2.75, 3.05) is 12.4 Å². The van der Waals surface area contributed by atoms with Crippen LogP contribution in [0.4, 0.5) is 5.82 Å². The highest BCUT2D eigenvalue weighted by atomic mass is 16.4. The first-order valence-electron chi connectivity index (χ1n) is 7.49. The van der Waals surface area contributed by atoms with Crippen LogP contribution in [0.1, 0.15) is 56.2 Å². The van der Waals surface area contributed by atoms with E-state index in [0.717, 1.165) is 43.6 Å². The van der Waals surface area contributed by atoms with Gasteiger partial charge in [0.05, 0.1) is 0 Å². The normalized spacial score (nSPS) is 10.5. The third kappa shape index (κ3) is 6.55. The minimum absolute atomic E-state index is 0.306. The van der Waals surface area contributed by atoms with Gasteiger partial charge in [-0.15, -0.1) is 0 Å². The smallest absolute Gasteiger partial charge is 0.303 e. The average Bonchev–Trinajstić information content (AvgIpc) is 2.43. The van der Waals surface area contributed by atoms with E-state index >= 15 is 0 Å². The van der Waals surface area contributed by atoms with E-state index in [1.54, 1.807) is 0 Å². The molecular weight excluding hydrogens is 252 g/mol. The highest BCUT2D eigenvalue weighted by Crippen LogP contribution is 2.14. The molecule has 1 heterocycles. The molecule has 0 amide bonds. The van der Waals surface area contributed by atoms with E-state index in [2.05, 4.69) is 29.4 Å². The highest BCUT2D eigenvalue weighted by molar-refractivity contribution is 5.66. The number of hydrogen-bond acceptors (Lipinski definition) is 3. The van der Waals surface area contributed by atoms with Gasteiger partial charge >= 0.3 is 5.97 Å². The Morgan fingerprint density at radius 1 is 1.15 bits per heavy atom. The van der Waals surface area contributed by atoms with Crippen molar-refractivity contribution in [3.8, 4) is 0 Å². The number of carboxylic acid groups (broad SMARTS) is 1. The summed E-state index contributed by atoms with van der Waals surface area (Å²) in [5, 5.41) is 11.6. The molecule has 1 rings (SSSR count). The van der Waals surface area contributed by atoms with Crippen molar-refractivity contribution < 1.29 is 9.90 Å². The number of nitrogens with zero attached hydrogens (tertiary/aromatic N) is 1. The summed E-state index contributed by atoms with van der Waals surface area (Å²) in [6, 6.07) is 4.21. The maximum absolute atomic E-state index is 10.4. The van der Waals surface area contributed by atoms with E-state index in [4.69, 9.17) is 5.11 Å². The van der Waals surface area contributed by atoms with Crippen molar-refractivity contribution in [1.29, 1.82) is 0 Å². The minimum Gasteiger partial charge on any atom is -0.481 e. The lowest BCUT2D eigenvalue weighted by Gasteiger charge is -2.07. The molecule has 0 saturated carbocycles. The second kappa shape index (κ2) is 9.34. The van der Waals surface area contributed by atoms with Crippen molar-refractivity contribution in [2.24, 2.45) is 0 Å². The molecule has 4 nitrogen and oxygen atoms in total. The van der Waals surface area contributed by atoms with Gasteiger partial charge < -0.3 is 10.4 Å². The molecule has 0 atom stereocenters. The van der Waals surface area contributed by atoms with Crippen LogP contribution in [0.3, 0.4) is 0 Å². The lowest BCUT2D eigenvalue weighted by molar-refractivity contribution is -0.137. The van der Waals surface area contributed by atoms with Gasteiger partial charge in [-0.05, 0) is 37.8 Å². The van der Waals surface area contributed by atoms with Crippen molar-refractivity contribution in [2.45, 2.75) is 58.3 Å². The molecule has 20 heavy (non-hydrogen) atoms. The Bertz CT molecular complexity index is 419. The fraction of sp³-hybridized carbons (Fsp3) is 0.625. The summed E-state index contributed by atoms with van der Waals surface area (Å²) in [5.74, 6) is 0.284. The molecule has 0 aromatic carbocycles. The number of aromatic nitrogens is 1. The summed E-state index contributed by atoms with van der Waals surface area (Å²) in [4.78, 5) is 14.9. The van der Waals surface area contributed by atoms with E-state index in [1.807, 2.05) is 7.05 Å². The molecule has 0 fully saturated rings. The second-order valence-corrected chi connectivity index (χ2v) is 5.23. The molecule has 4 heteroatoms. The van der Waals surface area contributed by atoms with Gasteiger partial charge in [0, 0.05) is 19.2 Å². The lowest BCUT2D eigenvalue weighted by Crippen LogP contribution is -1.99. The van der Waals surface area contributed by atoms with Crippen molar-refractivity contribution in [1.82, 2.24) is 4.98 Å². The van der Waals surface area contributed by atoms with Gasteiger partial charge in [-0.25, -0.2) is 4.98 Å². The summed E-state index contributed by atoms with van der Waals surface area (Å²) >= 11 is 0. The van der Waals surface area contributed by atoms with Gasteiger partial charge in [0.2, 0.25) is 0 Å². The Balaban J connectivity index is 2.11. The molecule has 1 aromatic rings. The minimum atomic E-state index is -0.684. The van der Waals surface area contributed by atoms with Gasteiger partial charge in [-0.2, -0.15) is 0 Å². The fourth-order valence-electron chi connectivity index (χ4n) is 2.25. The van der Waals surface area contributed by atoms with Crippen molar-refractivity contribution in [3.63, 3.8) is 0 Å². The third-order valence-corrected chi connectivity index (χ3v) is 3.47. The Hall–Kier alpha value is -1.58. The van der Waals surface area contributed by atoms with Gasteiger partial charge in [-0.3, -0.25) is 4.79 Å². The number of hydrogen-bond donors (Lipinski definition) is 2. The molecule has 2 N–H and O–H groups in total. The number of unbranched alkanes of at least 4 members (excludes halogenated alkanes) is 5. The Labute approximate surface area is 121 Å². The largest absolute Gasteiger partial charge is 0.481 e. The van der Waals surface area contributed by atoms with E-state index in [1.165, 1.54) is 18.4 Å². The average molecular weight is 278 g/mol. The molecule has 112 valence electrons. The number of carboxylic acids is 1. The zero-order chi connectivity index (χ0) is 14.8. The maximum Gasteiger partial charge on any atom is 0.303 e. The summed E-state index contributed by atoms with van der Waals surface area (Å²) < 4.78 is 0. The van der Waals surface area contributed by atoms with Crippen LogP contribution in [0.15, 0.2) is 12.1 Å². The molecule has 1 aromatic heterocycles. The predicted molar refractivity (Wildman–Crippen MR) is 82.2 cm³/mol. The third-order valence-electron chi connectivity index (χ3n) is 3.47. The van der Waals surface area contributed by atoms with E-state index in [0.29, 0.717) is 6.42 Å². The summed E-state index contributed by atoms with van der Waals surface area (Å²) in [6.45, 7) is 2.06.